The van der Waals surface area contributed by atoms with Gasteiger partial charge < -0.3 is 14.8 Å². The van der Waals surface area contributed by atoms with E-state index in [1.807, 2.05) is 6.92 Å². The van der Waals surface area contributed by atoms with Crippen LogP contribution in [0.1, 0.15) is 26.7 Å². The topological polar surface area (TPSA) is 64.6 Å². The second-order valence-electron chi connectivity index (χ2n) is 3.23. The fourth-order valence-corrected chi connectivity index (χ4v) is 1.09. The zero-order chi connectivity index (χ0) is 11.7. The lowest BCUT2D eigenvalue weighted by Crippen LogP contribution is -2.35. The van der Waals surface area contributed by atoms with Crippen molar-refractivity contribution in [1.82, 2.24) is 5.32 Å². The number of carbonyl (C=O) groups is 2. The van der Waals surface area contributed by atoms with Crippen LogP contribution in [0.15, 0.2) is 0 Å². The molecule has 88 valence electrons. The van der Waals surface area contributed by atoms with E-state index in [2.05, 4.69) is 5.32 Å². The number of hydrogen-bond donors (Lipinski definition) is 1. The van der Waals surface area contributed by atoms with Gasteiger partial charge in [-0.25, -0.2) is 0 Å². The summed E-state index contributed by atoms with van der Waals surface area (Å²) in [6, 6.07) is -0.0373. The molecule has 1 unspecified atom stereocenters. The van der Waals surface area contributed by atoms with Gasteiger partial charge in [-0.05, 0) is 13.8 Å². The minimum Gasteiger partial charge on any atom is -0.466 e. The highest BCUT2D eigenvalue weighted by molar-refractivity contribution is 5.81. The molecule has 0 bridgehead atoms. The molecule has 0 aliphatic carbocycles. The van der Waals surface area contributed by atoms with Crippen LogP contribution >= 0.6 is 0 Å². The maximum absolute atomic E-state index is 11.3. The third kappa shape index (κ3) is 7.93. The second kappa shape index (κ2) is 8.23. The number of rotatable bonds is 7. The highest BCUT2D eigenvalue weighted by Crippen LogP contribution is 1.94. The molecule has 0 fully saturated rings. The first-order valence-corrected chi connectivity index (χ1v) is 5.04. The molecule has 0 aromatic rings. The van der Waals surface area contributed by atoms with E-state index in [1.165, 1.54) is 0 Å². The highest BCUT2D eigenvalue weighted by Gasteiger charge is 2.09. The van der Waals surface area contributed by atoms with Crippen molar-refractivity contribution in [2.24, 2.45) is 0 Å². The summed E-state index contributed by atoms with van der Waals surface area (Å²) in [5.74, 6) is -0.500. The van der Waals surface area contributed by atoms with Crippen LogP contribution in [0, 0.1) is 0 Å². The van der Waals surface area contributed by atoms with Gasteiger partial charge in [-0.2, -0.15) is 0 Å². The monoisotopic (exact) mass is 217 g/mol. The van der Waals surface area contributed by atoms with Crippen molar-refractivity contribution < 1.29 is 19.1 Å². The number of ether oxygens (including phenoxy) is 2. The normalized spacial score (nSPS) is 11.9. The molecular formula is C10H19NO4. The van der Waals surface area contributed by atoms with Crippen molar-refractivity contribution in [3.8, 4) is 0 Å². The number of methoxy groups -OCH3 is 1. The average Bonchev–Trinajstić information content (AvgIpc) is 2.15. The Balaban J connectivity index is 3.61. The van der Waals surface area contributed by atoms with Crippen LogP contribution in [-0.4, -0.2) is 38.2 Å². The summed E-state index contributed by atoms with van der Waals surface area (Å²) in [6.07, 6.45) is 0.284. The molecule has 1 N–H and O–H groups in total. The molecule has 0 rings (SSSR count). The molecule has 0 radical (unpaired) electrons. The Labute approximate surface area is 90.1 Å². The van der Waals surface area contributed by atoms with Crippen LogP contribution < -0.4 is 5.32 Å². The van der Waals surface area contributed by atoms with Crippen LogP contribution in [0.3, 0.4) is 0 Å². The summed E-state index contributed by atoms with van der Waals surface area (Å²) in [5, 5.41) is 2.71. The summed E-state index contributed by atoms with van der Waals surface area (Å²) in [4.78, 5) is 22.2. The lowest BCUT2D eigenvalue weighted by atomic mass is 10.2. The van der Waals surface area contributed by atoms with Gasteiger partial charge >= 0.3 is 5.97 Å². The molecule has 0 aliphatic rings. The van der Waals surface area contributed by atoms with Crippen molar-refractivity contribution in [3.05, 3.63) is 0 Å². The van der Waals surface area contributed by atoms with Gasteiger partial charge in [0, 0.05) is 19.6 Å². The van der Waals surface area contributed by atoms with Gasteiger partial charge in [-0.1, -0.05) is 0 Å². The first-order chi connectivity index (χ1) is 7.10. The number of esters is 1. The lowest BCUT2D eigenvalue weighted by Gasteiger charge is -2.12. The van der Waals surface area contributed by atoms with E-state index in [9.17, 15) is 9.59 Å². The third-order valence-electron chi connectivity index (χ3n) is 1.69. The minimum atomic E-state index is -0.341. The van der Waals surface area contributed by atoms with Crippen molar-refractivity contribution in [2.75, 3.05) is 20.3 Å². The van der Waals surface area contributed by atoms with Gasteiger partial charge in [-0.3, -0.25) is 9.59 Å². The van der Waals surface area contributed by atoms with E-state index < -0.39 is 0 Å². The fraction of sp³-hybridized carbons (Fsp3) is 0.800. The number of carbonyl (C=O) groups excluding carboxylic acids is 2. The summed E-state index contributed by atoms with van der Waals surface area (Å²) in [7, 11) is 1.57. The Bertz CT molecular complexity index is 206. The molecule has 0 saturated heterocycles. The lowest BCUT2D eigenvalue weighted by molar-refractivity contribution is -0.144. The van der Waals surface area contributed by atoms with Crippen LogP contribution in [0.4, 0.5) is 0 Å². The largest absolute Gasteiger partial charge is 0.466 e. The van der Waals surface area contributed by atoms with E-state index in [0.717, 1.165) is 0 Å². The number of hydrogen-bond acceptors (Lipinski definition) is 4. The summed E-state index contributed by atoms with van der Waals surface area (Å²) >= 11 is 0. The quantitative estimate of drug-likeness (QED) is 0.630. The highest BCUT2D eigenvalue weighted by atomic mass is 16.5. The molecular weight excluding hydrogens is 198 g/mol. The van der Waals surface area contributed by atoms with Gasteiger partial charge in [-0.15, -0.1) is 0 Å². The minimum absolute atomic E-state index is 0.0373. The summed E-state index contributed by atoms with van der Waals surface area (Å²) < 4.78 is 9.56. The molecule has 5 heteroatoms. The molecule has 0 saturated carbocycles. The molecule has 0 spiro atoms. The fourth-order valence-electron chi connectivity index (χ4n) is 1.09. The van der Waals surface area contributed by atoms with Gasteiger partial charge in [0.1, 0.15) is 0 Å². The SMILES string of the molecule is CCOC(=O)CCC(=O)NC(C)COC. The average molecular weight is 217 g/mol. The summed E-state index contributed by atoms with van der Waals surface area (Å²) in [6.45, 7) is 4.38. The van der Waals surface area contributed by atoms with E-state index in [-0.39, 0.29) is 30.8 Å². The van der Waals surface area contributed by atoms with Gasteiger partial charge in [0.2, 0.25) is 5.91 Å². The Hall–Kier alpha value is -1.10. The van der Waals surface area contributed by atoms with E-state index >= 15 is 0 Å². The van der Waals surface area contributed by atoms with Gasteiger partial charge in [0.25, 0.3) is 0 Å². The Kier molecular flexibility index (Phi) is 7.62. The third-order valence-corrected chi connectivity index (χ3v) is 1.69. The van der Waals surface area contributed by atoms with Crippen LogP contribution in [0.25, 0.3) is 0 Å². The number of amides is 1. The van der Waals surface area contributed by atoms with E-state index in [0.29, 0.717) is 13.2 Å². The van der Waals surface area contributed by atoms with Crippen molar-refractivity contribution in [1.29, 1.82) is 0 Å². The Morgan fingerprint density at radius 1 is 1.33 bits per heavy atom. The molecule has 1 atom stereocenters. The number of nitrogens with one attached hydrogen (secondary N) is 1. The van der Waals surface area contributed by atoms with E-state index in [1.54, 1.807) is 14.0 Å². The predicted octanol–water partition coefficient (Wildman–Crippen LogP) is 0.481. The van der Waals surface area contributed by atoms with Crippen LogP contribution in [-0.2, 0) is 19.1 Å². The predicted molar refractivity (Wildman–Crippen MR) is 55.3 cm³/mol. The van der Waals surface area contributed by atoms with Crippen molar-refractivity contribution in [2.45, 2.75) is 32.7 Å². The first kappa shape index (κ1) is 13.9. The molecule has 0 aliphatic heterocycles. The molecule has 0 aromatic heterocycles. The Morgan fingerprint density at radius 2 is 2.00 bits per heavy atom. The molecule has 0 aromatic carbocycles. The van der Waals surface area contributed by atoms with Crippen LogP contribution in [0.2, 0.25) is 0 Å². The maximum Gasteiger partial charge on any atom is 0.306 e. The molecule has 5 nitrogen and oxygen atoms in total. The second-order valence-corrected chi connectivity index (χ2v) is 3.23. The van der Waals surface area contributed by atoms with Crippen molar-refractivity contribution >= 4 is 11.9 Å². The zero-order valence-corrected chi connectivity index (χ0v) is 9.54. The van der Waals surface area contributed by atoms with E-state index in [4.69, 9.17) is 9.47 Å². The smallest absolute Gasteiger partial charge is 0.306 e. The molecule has 1 amide bonds. The zero-order valence-electron chi connectivity index (χ0n) is 9.54. The summed E-state index contributed by atoms with van der Waals surface area (Å²) in [5.41, 5.74) is 0. The van der Waals surface area contributed by atoms with Crippen LogP contribution in [0.5, 0.6) is 0 Å². The first-order valence-electron chi connectivity index (χ1n) is 5.04. The Morgan fingerprint density at radius 3 is 2.53 bits per heavy atom. The standard InChI is InChI=1S/C10H19NO4/c1-4-15-10(13)6-5-9(12)11-8(2)7-14-3/h8H,4-7H2,1-3H3,(H,11,12). The molecule has 0 heterocycles. The molecule has 15 heavy (non-hydrogen) atoms. The van der Waals surface area contributed by atoms with Crippen molar-refractivity contribution in [3.63, 3.8) is 0 Å². The van der Waals surface area contributed by atoms with Gasteiger partial charge in [0.15, 0.2) is 0 Å². The maximum atomic E-state index is 11.3. The van der Waals surface area contributed by atoms with Gasteiger partial charge in [0.05, 0.1) is 19.6 Å².